The van der Waals surface area contributed by atoms with E-state index in [4.69, 9.17) is 5.73 Å². The van der Waals surface area contributed by atoms with Crippen LogP contribution in [0, 0.1) is 12.8 Å². The maximum atomic E-state index is 12.2. The summed E-state index contributed by atoms with van der Waals surface area (Å²) in [4.78, 5) is 6.70. The molecule has 1 fully saturated rings. The van der Waals surface area contributed by atoms with Crippen molar-refractivity contribution in [2.45, 2.75) is 24.8 Å². The highest BCUT2D eigenvalue weighted by Crippen LogP contribution is 2.22. The quantitative estimate of drug-likeness (QED) is 0.803. The van der Waals surface area contributed by atoms with Gasteiger partial charge in [-0.05, 0) is 32.2 Å². The zero-order valence-corrected chi connectivity index (χ0v) is 10.7. The molecule has 1 aliphatic rings. The largest absolute Gasteiger partial charge is 0.332 e. The number of aromatic nitrogens is 2. The van der Waals surface area contributed by atoms with Crippen molar-refractivity contribution in [1.82, 2.24) is 14.3 Å². The SMILES string of the molecule is Cc1ncc(S(=O)(=O)N2CCC(CN)CC2)[nH]1. The fourth-order valence-corrected chi connectivity index (χ4v) is 3.49. The number of rotatable bonds is 3. The van der Waals surface area contributed by atoms with Crippen LogP contribution in [0.15, 0.2) is 11.2 Å². The third-order valence-corrected chi connectivity index (χ3v) is 5.01. The summed E-state index contributed by atoms with van der Waals surface area (Å²) in [5.41, 5.74) is 5.59. The highest BCUT2D eigenvalue weighted by Gasteiger charge is 2.29. The van der Waals surface area contributed by atoms with E-state index in [9.17, 15) is 8.42 Å². The van der Waals surface area contributed by atoms with Crippen molar-refractivity contribution in [2.75, 3.05) is 19.6 Å². The summed E-state index contributed by atoms with van der Waals surface area (Å²) in [5, 5.41) is 0.182. The number of sulfonamides is 1. The molecule has 0 aliphatic carbocycles. The first kappa shape index (κ1) is 12.5. The van der Waals surface area contributed by atoms with E-state index in [1.807, 2.05) is 0 Å². The first-order chi connectivity index (χ1) is 8.04. The van der Waals surface area contributed by atoms with E-state index >= 15 is 0 Å². The molecular weight excluding hydrogens is 240 g/mol. The van der Waals surface area contributed by atoms with E-state index in [2.05, 4.69) is 9.97 Å². The summed E-state index contributed by atoms with van der Waals surface area (Å²) in [6.45, 7) is 3.46. The fourth-order valence-electron chi connectivity index (χ4n) is 2.05. The van der Waals surface area contributed by atoms with Crippen molar-refractivity contribution < 1.29 is 8.42 Å². The molecule has 0 spiro atoms. The van der Waals surface area contributed by atoms with Crippen LogP contribution in [0.25, 0.3) is 0 Å². The predicted molar refractivity (Wildman–Crippen MR) is 63.9 cm³/mol. The van der Waals surface area contributed by atoms with Gasteiger partial charge in [-0.1, -0.05) is 0 Å². The van der Waals surface area contributed by atoms with E-state index in [-0.39, 0.29) is 5.03 Å². The zero-order valence-electron chi connectivity index (χ0n) is 9.89. The molecule has 0 radical (unpaired) electrons. The van der Waals surface area contributed by atoms with Gasteiger partial charge in [0.2, 0.25) is 0 Å². The van der Waals surface area contributed by atoms with Crippen molar-refractivity contribution in [2.24, 2.45) is 11.7 Å². The number of hydrogen-bond donors (Lipinski definition) is 2. The molecule has 0 amide bonds. The molecule has 2 rings (SSSR count). The smallest absolute Gasteiger partial charge is 0.260 e. The van der Waals surface area contributed by atoms with Gasteiger partial charge in [0.1, 0.15) is 5.82 Å². The molecule has 3 N–H and O–H groups in total. The molecule has 0 atom stereocenters. The monoisotopic (exact) mass is 258 g/mol. The van der Waals surface area contributed by atoms with Gasteiger partial charge in [-0.15, -0.1) is 0 Å². The minimum absolute atomic E-state index is 0.182. The normalized spacial score (nSPS) is 19.6. The minimum Gasteiger partial charge on any atom is -0.332 e. The van der Waals surface area contributed by atoms with E-state index in [0.717, 1.165) is 12.8 Å². The third kappa shape index (κ3) is 2.51. The molecule has 0 bridgehead atoms. The Morgan fingerprint density at radius 3 is 2.65 bits per heavy atom. The maximum absolute atomic E-state index is 12.2. The molecule has 1 aromatic rings. The lowest BCUT2D eigenvalue weighted by molar-refractivity contribution is 0.278. The summed E-state index contributed by atoms with van der Waals surface area (Å²) < 4.78 is 25.9. The Morgan fingerprint density at radius 1 is 1.53 bits per heavy atom. The summed E-state index contributed by atoms with van der Waals surface area (Å²) >= 11 is 0. The van der Waals surface area contributed by atoms with Gasteiger partial charge in [0.25, 0.3) is 10.0 Å². The second-order valence-electron chi connectivity index (χ2n) is 4.42. The Bertz CT molecular complexity index is 474. The van der Waals surface area contributed by atoms with Gasteiger partial charge in [0.15, 0.2) is 5.03 Å². The van der Waals surface area contributed by atoms with Crippen molar-refractivity contribution in [3.63, 3.8) is 0 Å². The molecular formula is C10H18N4O2S. The number of H-pyrrole nitrogens is 1. The Morgan fingerprint density at radius 2 is 2.18 bits per heavy atom. The van der Waals surface area contributed by atoms with Crippen LogP contribution in [-0.2, 0) is 10.0 Å². The summed E-state index contributed by atoms with van der Waals surface area (Å²) in [5.74, 6) is 1.06. The average molecular weight is 258 g/mol. The van der Waals surface area contributed by atoms with Crippen LogP contribution in [0.3, 0.4) is 0 Å². The van der Waals surface area contributed by atoms with Crippen LogP contribution in [0.5, 0.6) is 0 Å². The third-order valence-electron chi connectivity index (χ3n) is 3.20. The predicted octanol–water partition coefficient (Wildman–Crippen LogP) is 0.0775. The van der Waals surface area contributed by atoms with Gasteiger partial charge in [0.05, 0.1) is 6.20 Å². The van der Waals surface area contributed by atoms with Crippen LogP contribution in [0.1, 0.15) is 18.7 Å². The van der Waals surface area contributed by atoms with Gasteiger partial charge in [-0.25, -0.2) is 13.4 Å². The maximum Gasteiger partial charge on any atom is 0.260 e. The average Bonchev–Trinajstić information content (AvgIpc) is 2.77. The van der Waals surface area contributed by atoms with E-state index in [1.165, 1.54) is 10.5 Å². The first-order valence-electron chi connectivity index (χ1n) is 5.76. The lowest BCUT2D eigenvalue weighted by Crippen LogP contribution is -2.40. The van der Waals surface area contributed by atoms with Crippen LogP contribution in [-0.4, -0.2) is 42.3 Å². The molecule has 1 aromatic heterocycles. The van der Waals surface area contributed by atoms with E-state index < -0.39 is 10.0 Å². The lowest BCUT2D eigenvalue weighted by atomic mass is 9.99. The van der Waals surface area contributed by atoms with Gasteiger partial charge in [0, 0.05) is 13.1 Å². The van der Waals surface area contributed by atoms with Crippen molar-refractivity contribution in [1.29, 1.82) is 0 Å². The van der Waals surface area contributed by atoms with Crippen LogP contribution < -0.4 is 5.73 Å². The fraction of sp³-hybridized carbons (Fsp3) is 0.700. The number of aromatic amines is 1. The number of imidazole rings is 1. The number of piperidine rings is 1. The zero-order chi connectivity index (χ0) is 12.5. The molecule has 0 aromatic carbocycles. The molecule has 1 saturated heterocycles. The summed E-state index contributed by atoms with van der Waals surface area (Å²) in [6.07, 6.45) is 3.05. The van der Waals surface area contributed by atoms with Crippen molar-refractivity contribution in [3.05, 3.63) is 12.0 Å². The van der Waals surface area contributed by atoms with Crippen LogP contribution >= 0.6 is 0 Å². The molecule has 17 heavy (non-hydrogen) atoms. The number of nitrogens with one attached hydrogen (secondary N) is 1. The molecule has 1 aliphatic heterocycles. The van der Waals surface area contributed by atoms with Gasteiger partial charge in [-0.3, -0.25) is 0 Å². The number of hydrogen-bond acceptors (Lipinski definition) is 4. The second kappa shape index (κ2) is 4.75. The Kier molecular flexibility index (Phi) is 3.50. The number of nitrogens with zero attached hydrogens (tertiary/aromatic N) is 2. The lowest BCUT2D eigenvalue weighted by Gasteiger charge is -2.29. The Balaban J connectivity index is 2.12. The van der Waals surface area contributed by atoms with Crippen LogP contribution in [0.2, 0.25) is 0 Å². The Labute approximate surface area is 101 Å². The number of aryl methyl sites for hydroxylation is 1. The molecule has 7 heteroatoms. The summed E-state index contributed by atoms with van der Waals surface area (Å²) in [7, 11) is -3.40. The highest BCUT2D eigenvalue weighted by molar-refractivity contribution is 7.89. The Hall–Kier alpha value is -0.920. The van der Waals surface area contributed by atoms with Gasteiger partial charge < -0.3 is 10.7 Å². The molecule has 2 heterocycles. The topological polar surface area (TPSA) is 92.1 Å². The van der Waals surface area contributed by atoms with Gasteiger partial charge in [-0.2, -0.15) is 4.31 Å². The number of nitrogens with two attached hydrogens (primary N) is 1. The van der Waals surface area contributed by atoms with E-state index in [1.54, 1.807) is 6.92 Å². The molecule has 6 nitrogen and oxygen atoms in total. The van der Waals surface area contributed by atoms with Gasteiger partial charge >= 0.3 is 0 Å². The second-order valence-corrected chi connectivity index (χ2v) is 6.32. The van der Waals surface area contributed by atoms with E-state index in [0.29, 0.717) is 31.4 Å². The van der Waals surface area contributed by atoms with Crippen molar-refractivity contribution >= 4 is 10.0 Å². The van der Waals surface area contributed by atoms with Crippen LogP contribution in [0.4, 0.5) is 0 Å². The molecule has 0 unspecified atom stereocenters. The first-order valence-corrected chi connectivity index (χ1v) is 7.20. The summed E-state index contributed by atoms with van der Waals surface area (Å²) in [6, 6.07) is 0. The molecule has 0 saturated carbocycles. The highest BCUT2D eigenvalue weighted by atomic mass is 32.2. The standard InChI is InChI=1S/C10H18N4O2S/c1-8-12-7-10(13-8)17(15,16)14-4-2-9(6-11)3-5-14/h7,9H,2-6,11H2,1H3,(H,12,13). The van der Waals surface area contributed by atoms with Crippen molar-refractivity contribution in [3.8, 4) is 0 Å². The molecule has 96 valence electrons. The minimum atomic E-state index is -3.40.